The van der Waals surface area contributed by atoms with Gasteiger partial charge in [-0.15, -0.1) is 0 Å². The molecule has 0 saturated heterocycles. The van der Waals surface area contributed by atoms with Crippen molar-refractivity contribution in [3.8, 4) is 0 Å². The zero-order valence-electron chi connectivity index (χ0n) is 10.9. The number of carbonyl (C=O) groups is 1. The average molecular weight is 281 g/mol. The lowest BCUT2D eigenvalue weighted by molar-refractivity contribution is -0.142. The van der Waals surface area contributed by atoms with Gasteiger partial charge in [0, 0.05) is 19.4 Å². The van der Waals surface area contributed by atoms with E-state index in [4.69, 9.17) is 4.74 Å². The lowest BCUT2D eigenvalue weighted by Crippen LogP contribution is -2.16. The van der Waals surface area contributed by atoms with Crippen LogP contribution in [0.5, 0.6) is 0 Å². The highest BCUT2D eigenvalue weighted by Gasteiger charge is 2.09. The monoisotopic (exact) mass is 281 g/mol. The minimum atomic E-state index is -0.394. The van der Waals surface area contributed by atoms with E-state index >= 15 is 0 Å². The van der Waals surface area contributed by atoms with Gasteiger partial charge in [0.1, 0.15) is 11.6 Å². The molecule has 0 N–H and O–H groups in total. The van der Waals surface area contributed by atoms with Gasteiger partial charge in [-0.3, -0.25) is 9.59 Å². The fraction of sp³-hybridized carbons (Fsp3) is 0.500. The van der Waals surface area contributed by atoms with Crippen molar-refractivity contribution in [2.24, 2.45) is 0 Å². The largest absolute Gasteiger partial charge is 0.459 e. The fourth-order valence-corrected chi connectivity index (χ4v) is 2.53. The van der Waals surface area contributed by atoms with Crippen LogP contribution in [0.4, 0.5) is 0 Å². The molecule has 0 fully saturated rings. The van der Waals surface area contributed by atoms with Gasteiger partial charge in [-0.1, -0.05) is 24.7 Å². The maximum Gasteiger partial charge on any atom is 0.303 e. The predicted octanol–water partition coefficient (Wildman–Crippen LogP) is 1.56. The molecular weight excluding hydrogens is 266 g/mol. The Kier molecular flexibility index (Phi) is 4.26. The molecule has 0 atom stereocenters. The molecule has 0 unspecified atom stereocenters. The van der Waals surface area contributed by atoms with E-state index in [1.807, 2.05) is 0 Å². The highest BCUT2D eigenvalue weighted by molar-refractivity contribution is 7.16. The predicted molar refractivity (Wildman–Crippen MR) is 71.2 cm³/mol. The number of rotatable bonds is 5. The Morgan fingerprint density at radius 3 is 3.00 bits per heavy atom. The number of nitrogens with zero attached hydrogens (tertiary/aromatic N) is 3. The summed E-state index contributed by atoms with van der Waals surface area (Å²) in [5.74, 6) is -0.394. The van der Waals surface area contributed by atoms with Crippen molar-refractivity contribution in [3.63, 3.8) is 0 Å². The minimum absolute atomic E-state index is 0.0171. The molecule has 0 amide bonds. The molecule has 0 bridgehead atoms. The first-order valence-corrected chi connectivity index (χ1v) is 6.94. The molecule has 2 heterocycles. The van der Waals surface area contributed by atoms with Crippen LogP contribution in [0.25, 0.3) is 4.96 Å². The van der Waals surface area contributed by atoms with Crippen molar-refractivity contribution in [2.45, 2.75) is 39.7 Å². The number of hydrogen-bond donors (Lipinski definition) is 0. The van der Waals surface area contributed by atoms with Crippen LogP contribution in [-0.4, -0.2) is 20.6 Å². The molecule has 2 rings (SSSR count). The quantitative estimate of drug-likeness (QED) is 0.777. The number of fused-ring (bicyclic) bond motifs is 1. The second kappa shape index (κ2) is 5.92. The number of aryl methyl sites for hydroxylation is 1. The highest BCUT2D eigenvalue weighted by atomic mass is 32.1. The molecule has 19 heavy (non-hydrogen) atoms. The molecular formula is C12H15N3O3S. The van der Waals surface area contributed by atoms with E-state index in [2.05, 4.69) is 17.0 Å². The molecule has 7 heteroatoms. The smallest absolute Gasteiger partial charge is 0.303 e. The number of carbonyl (C=O) groups excluding carboxylic acids is 1. The Hall–Kier alpha value is -1.76. The summed E-state index contributed by atoms with van der Waals surface area (Å²) in [5, 5.41) is 5.14. The van der Waals surface area contributed by atoms with Crippen molar-refractivity contribution < 1.29 is 9.53 Å². The molecule has 0 aromatic carbocycles. The number of unbranched alkanes of at least 4 members (excludes halogenated alkanes) is 1. The second-order valence-corrected chi connectivity index (χ2v) is 5.20. The van der Waals surface area contributed by atoms with Crippen molar-refractivity contribution in [1.82, 2.24) is 14.6 Å². The van der Waals surface area contributed by atoms with Gasteiger partial charge >= 0.3 is 5.97 Å². The molecule has 0 spiro atoms. The summed E-state index contributed by atoms with van der Waals surface area (Å²) in [6.07, 6.45) is 2.97. The van der Waals surface area contributed by atoms with Gasteiger partial charge in [-0.2, -0.15) is 9.61 Å². The summed E-state index contributed by atoms with van der Waals surface area (Å²) in [4.78, 5) is 27.4. The van der Waals surface area contributed by atoms with E-state index in [9.17, 15) is 9.59 Å². The van der Waals surface area contributed by atoms with Crippen molar-refractivity contribution >= 4 is 22.3 Å². The first kappa shape index (κ1) is 13.7. The maximum atomic E-state index is 11.9. The minimum Gasteiger partial charge on any atom is -0.459 e. The standard InChI is InChI=1S/C12H15N3O3S/c1-3-4-5-10-14-15-11(17)6-9(7-18-8(2)16)13-12(15)19-10/h6H,3-5,7H2,1-2H3. The van der Waals surface area contributed by atoms with Crippen LogP contribution in [0.1, 0.15) is 37.4 Å². The van der Waals surface area contributed by atoms with Gasteiger partial charge in [0.2, 0.25) is 4.96 Å². The first-order valence-electron chi connectivity index (χ1n) is 6.12. The van der Waals surface area contributed by atoms with Gasteiger partial charge in [0.15, 0.2) is 0 Å². The fourth-order valence-electron chi connectivity index (χ4n) is 1.57. The van der Waals surface area contributed by atoms with Crippen LogP contribution >= 0.6 is 11.3 Å². The topological polar surface area (TPSA) is 73.6 Å². The number of ether oxygens (including phenoxy) is 1. The second-order valence-electron chi connectivity index (χ2n) is 4.16. The van der Waals surface area contributed by atoms with Gasteiger partial charge in [-0.25, -0.2) is 4.98 Å². The maximum absolute atomic E-state index is 11.9. The third-order valence-corrected chi connectivity index (χ3v) is 3.48. The number of aromatic nitrogens is 3. The van der Waals surface area contributed by atoms with E-state index in [0.29, 0.717) is 10.7 Å². The Balaban J connectivity index is 2.28. The molecule has 6 nitrogen and oxygen atoms in total. The Morgan fingerprint density at radius 2 is 2.32 bits per heavy atom. The van der Waals surface area contributed by atoms with Crippen LogP contribution in [0.15, 0.2) is 10.9 Å². The lowest BCUT2D eigenvalue weighted by Gasteiger charge is -2.00. The SMILES string of the molecule is CCCCc1nn2c(=O)cc(COC(C)=O)nc2s1. The average Bonchev–Trinajstić information content (AvgIpc) is 2.77. The molecule has 0 radical (unpaired) electrons. The van der Waals surface area contributed by atoms with Gasteiger partial charge in [0.25, 0.3) is 5.56 Å². The summed E-state index contributed by atoms with van der Waals surface area (Å²) in [5.41, 5.74) is 0.206. The Bertz CT molecular complexity index is 647. The third kappa shape index (κ3) is 3.37. The molecule has 2 aromatic heterocycles. The molecule has 0 saturated carbocycles. The first-order chi connectivity index (χ1) is 9.10. The number of esters is 1. The van der Waals surface area contributed by atoms with E-state index in [1.165, 1.54) is 28.8 Å². The van der Waals surface area contributed by atoms with Crippen LogP contribution < -0.4 is 5.56 Å². The summed E-state index contributed by atoms with van der Waals surface area (Å²) < 4.78 is 6.14. The third-order valence-electron chi connectivity index (χ3n) is 2.51. The molecule has 0 aliphatic rings. The van der Waals surface area contributed by atoms with Crippen LogP contribution in [0.2, 0.25) is 0 Å². The summed E-state index contributed by atoms with van der Waals surface area (Å²) in [6, 6.07) is 1.35. The zero-order chi connectivity index (χ0) is 13.8. The number of hydrogen-bond acceptors (Lipinski definition) is 6. The van der Waals surface area contributed by atoms with Crippen molar-refractivity contribution in [2.75, 3.05) is 0 Å². The van der Waals surface area contributed by atoms with Crippen molar-refractivity contribution in [1.29, 1.82) is 0 Å². The van der Waals surface area contributed by atoms with Gasteiger partial charge in [0.05, 0.1) is 5.69 Å². The van der Waals surface area contributed by atoms with Crippen molar-refractivity contribution in [3.05, 3.63) is 27.1 Å². The highest BCUT2D eigenvalue weighted by Crippen LogP contribution is 2.14. The molecule has 2 aromatic rings. The van der Waals surface area contributed by atoms with E-state index in [0.717, 1.165) is 24.3 Å². The van der Waals surface area contributed by atoms with E-state index in [-0.39, 0.29) is 12.2 Å². The van der Waals surface area contributed by atoms with E-state index in [1.54, 1.807) is 0 Å². The van der Waals surface area contributed by atoms with Gasteiger partial charge in [-0.05, 0) is 6.42 Å². The summed E-state index contributed by atoms with van der Waals surface area (Å²) in [7, 11) is 0. The Morgan fingerprint density at radius 1 is 1.53 bits per heavy atom. The van der Waals surface area contributed by atoms with Gasteiger partial charge < -0.3 is 4.74 Å². The summed E-state index contributed by atoms with van der Waals surface area (Å²) in [6.45, 7) is 3.44. The van der Waals surface area contributed by atoms with Crippen LogP contribution in [-0.2, 0) is 22.6 Å². The normalized spacial score (nSPS) is 10.8. The lowest BCUT2D eigenvalue weighted by atomic mass is 10.3. The Labute approximate surface area is 114 Å². The molecule has 0 aliphatic carbocycles. The van der Waals surface area contributed by atoms with Crippen LogP contribution in [0.3, 0.4) is 0 Å². The van der Waals surface area contributed by atoms with Crippen LogP contribution in [0, 0.1) is 0 Å². The zero-order valence-corrected chi connectivity index (χ0v) is 11.7. The molecule has 0 aliphatic heterocycles. The summed E-state index contributed by atoms with van der Waals surface area (Å²) >= 11 is 1.40. The van der Waals surface area contributed by atoms with E-state index < -0.39 is 5.97 Å². The molecule has 102 valence electrons.